The van der Waals surface area contributed by atoms with Gasteiger partial charge in [0, 0.05) is 29.4 Å². The molecule has 0 fully saturated rings. The quantitative estimate of drug-likeness (QED) is 0.314. The van der Waals surface area contributed by atoms with Crippen molar-refractivity contribution in [2.24, 2.45) is 7.05 Å². The highest BCUT2D eigenvalue weighted by Gasteiger charge is 2.25. The average Bonchev–Trinajstić information content (AvgIpc) is 3.37. The number of nitrogens with one attached hydrogen (secondary N) is 1. The molecule has 2 N–H and O–H groups in total. The van der Waals surface area contributed by atoms with Crippen molar-refractivity contribution in [3.05, 3.63) is 105 Å². The van der Waals surface area contributed by atoms with Gasteiger partial charge in [-0.05, 0) is 46.5 Å². The van der Waals surface area contributed by atoms with Gasteiger partial charge in [0.2, 0.25) is 0 Å². The van der Waals surface area contributed by atoms with Crippen LogP contribution in [-0.2, 0) is 7.05 Å². The Morgan fingerprint density at radius 2 is 1.76 bits per heavy atom. The summed E-state index contributed by atoms with van der Waals surface area (Å²) in [5.41, 5.74) is 0.807. The first-order valence-corrected chi connectivity index (χ1v) is 11.5. The number of thiophene rings is 1. The van der Waals surface area contributed by atoms with E-state index in [1.165, 1.54) is 4.57 Å². The lowest BCUT2D eigenvalue weighted by Crippen LogP contribution is -2.26. The normalized spacial score (nSPS) is 12.2. The number of pyridine rings is 1. The zero-order chi connectivity index (χ0) is 22.9. The minimum Gasteiger partial charge on any atom is -0.506 e. The lowest BCUT2D eigenvalue weighted by molar-refractivity contribution is 0.0972. The summed E-state index contributed by atoms with van der Waals surface area (Å²) in [6, 6.07) is 24.8. The fraction of sp³-hybridized carbons (Fsp3) is 0.111. The Labute approximate surface area is 194 Å². The number of aromatic hydroxyl groups is 1. The second kappa shape index (κ2) is 8.56. The van der Waals surface area contributed by atoms with Gasteiger partial charge < -0.3 is 15.0 Å². The van der Waals surface area contributed by atoms with E-state index in [0.29, 0.717) is 10.9 Å². The van der Waals surface area contributed by atoms with Crippen molar-refractivity contribution in [2.45, 2.75) is 12.5 Å². The van der Waals surface area contributed by atoms with E-state index in [4.69, 9.17) is 0 Å². The van der Waals surface area contributed by atoms with Crippen LogP contribution in [0.1, 0.15) is 27.7 Å². The van der Waals surface area contributed by atoms with Crippen LogP contribution in [0.25, 0.3) is 21.7 Å². The molecule has 0 aliphatic rings. The molecule has 0 spiro atoms. The number of ketones is 1. The van der Waals surface area contributed by atoms with E-state index in [2.05, 4.69) is 11.4 Å². The molecular formula is C27H22N2O3S. The number of hydrogen-bond acceptors (Lipinski definition) is 5. The Morgan fingerprint density at radius 3 is 2.55 bits per heavy atom. The number of carbonyl (C=O) groups is 1. The van der Waals surface area contributed by atoms with Crippen LogP contribution in [0.15, 0.2) is 89.0 Å². The van der Waals surface area contributed by atoms with Gasteiger partial charge in [0.1, 0.15) is 11.3 Å². The van der Waals surface area contributed by atoms with Crippen LogP contribution in [0.3, 0.4) is 0 Å². The van der Waals surface area contributed by atoms with Crippen molar-refractivity contribution in [3.63, 3.8) is 0 Å². The van der Waals surface area contributed by atoms with E-state index in [-0.39, 0.29) is 23.8 Å². The number of benzene rings is 3. The fourth-order valence-corrected chi connectivity index (χ4v) is 4.99. The molecule has 2 aromatic heterocycles. The van der Waals surface area contributed by atoms with Crippen molar-refractivity contribution >= 4 is 44.5 Å². The third-order valence-electron chi connectivity index (χ3n) is 5.92. The molecule has 164 valence electrons. The van der Waals surface area contributed by atoms with Gasteiger partial charge >= 0.3 is 0 Å². The smallest absolute Gasteiger partial charge is 0.265 e. The molecule has 0 aliphatic heterocycles. The van der Waals surface area contributed by atoms with E-state index in [9.17, 15) is 14.7 Å². The summed E-state index contributed by atoms with van der Waals surface area (Å²) in [6.45, 7) is 0. The molecule has 0 amide bonds. The molecule has 0 radical (unpaired) electrons. The first-order valence-electron chi connectivity index (χ1n) is 10.7. The maximum atomic E-state index is 13.4. The molecule has 5 aromatic rings. The molecule has 0 bridgehead atoms. The minimum absolute atomic E-state index is 0.0362. The molecule has 3 aromatic carbocycles. The van der Waals surface area contributed by atoms with Crippen molar-refractivity contribution in [1.29, 1.82) is 0 Å². The number of Topliss-reactive ketones (excluding diaryl/α,β-unsaturated/α-hetero) is 1. The van der Waals surface area contributed by atoms with Crippen LogP contribution in [0.4, 0.5) is 5.69 Å². The SMILES string of the molecule is Cn1c(=O)c(C(=O)C[C@H](Nc2ccc3ccccc3c2)c2cccs2)c(O)c2ccccc21. The molecular weight excluding hydrogens is 432 g/mol. The summed E-state index contributed by atoms with van der Waals surface area (Å²) in [6.07, 6.45) is 0.0362. The zero-order valence-corrected chi connectivity index (χ0v) is 18.8. The number of anilines is 1. The number of aromatic nitrogens is 1. The van der Waals surface area contributed by atoms with E-state index < -0.39 is 11.3 Å². The fourth-order valence-electron chi connectivity index (χ4n) is 4.21. The monoisotopic (exact) mass is 454 g/mol. The zero-order valence-electron chi connectivity index (χ0n) is 18.0. The standard InChI is InChI=1S/C27H22N2O3S/c1-29-22-10-5-4-9-20(22)26(31)25(27(29)32)23(30)16-21(24-11-6-14-33-24)28-19-13-12-17-7-2-3-8-18(17)15-19/h2-15,21,28,31H,16H2,1H3/t21-/m0/s1. The minimum atomic E-state index is -0.494. The molecule has 33 heavy (non-hydrogen) atoms. The van der Waals surface area contributed by atoms with E-state index in [0.717, 1.165) is 21.3 Å². The van der Waals surface area contributed by atoms with Gasteiger partial charge in [-0.25, -0.2) is 0 Å². The lowest BCUT2D eigenvalue weighted by Gasteiger charge is -2.19. The second-order valence-electron chi connectivity index (χ2n) is 8.01. The number of fused-ring (bicyclic) bond motifs is 2. The summed E-state index contributed by atoms with van der Waals surface area (Å²) in [7, 11) is 1.62. The summed E-state index contributed by atoms with van der Waals surface area (Å²) in [5, 5.41) is 19.0. The first kappa shape index (κ1) is 21.0. The molecule has 5 rings (SSSR count). The van der Waals surface area contributed by atoms with Gasteiger partial charge in [-0.15, -0.1) is 11.3 Å². The van der Waals surface area contributed by atoms with Gasteiger partial charge in [0.15, 0.2) is 5.78 Å². The summed E-state index contributed by atoms with van der Waals surface area (Å²) in [5.74, 6) is -0.653. The largest absolute Gasteiger partial charge is 0.506 e. The maximum Gasteiger partial charge on any atom is 0.265 e. The summed E-state index contributed by atoms with van der Waals surface area (Å²) >= 11 is 1.54. The molecule has 1 atom stereocenters. The van der Waals surface area contributed by atoms with Gasteiger partial charge in [0.25, 0.3) is 5.56 Å². The predicted octanol–water partition coefficient (Wildman–Crippen LogP) is 5.89. The second-order valence-corrected chi connectivity index (χ2v) is 8.99. The number of carbonyl (C=O) groups excluding carboxylic acids is 1. The Morgan fingerprint density at radius 1 is 1.00 bits per heavy atom. The lowest BCUT2D eigenvalue weighted by atomic mass is 10.00. The first-order chi connectivity index (χ1) is 16.0. The van der Waals surface area contributed by atoms with Gasteiger partial charge in [0.05, 0.1) is 11.6 Å². The van der Waals surface area contributed by atoms with Crippen LogP contribution in [0.5, 0.6) is 5.75 Å². The topological polar surface area (TPSA) is 71.3 Å². The van der Waals surface area contributed by atoms with E-state index >= 15 is 0 Å². The molecule has 0 unspecified atom stereocenters. The van der Waals surface area contributed by atoms with Crippen molar-refractivity contribution < 1.29 is 9.90 Å². The Hall–Kier alpha value is -3.90. The molecule has 0 saturated heterocycles. The Bertz CT molecular complexity index is 1540. The van der Waals surface area contributed by atoms with Crippen molar-refractivity contribution in [2.75, 3.05) is 5.32 Å². The van der Waals surface area contributed by atoms with Crippen LogP contribution in [0, 0.1) is 0 Å². The van der Waals surface area contributed by atoms with Crippen LogP contribution >= 0.6 is 11.3 Å². The number of aryl methyl sites for hydroxylation is 1. The molecule has 5 nitrogen and oxygen atoms in total. The van der Waals surface area contributed by atoms with Crippen molar-refractivity contribution in [3.8, 4) is 5.75 Å². The summed E-state index contributed by atoms with van der Waals surface area (Å²) < 4.78 is 1.42. The van der Waals surface area contributed by atoms with Gasteiger partial charge in [-0.2, -0.15) is 0 Å². The van der Waals surface area contributed by atoms with Gasteiger partial charge in [-0.1, -0.05) is 48.5 Å². The maximum absolute atomic E-state index is 13.4. The molecule has 6 heteroatoms. The van der Waals surface area contributed by atoms with Crippen LogP contribution in [-0.4, -0.2) is 15.5 Å². The summed E-state index contributed by atoms with van der Waals surface area (Å²) in [4.78, 5) is 27.3. The highest BCUT2D eigenvalue weighted by atomic mass is 32.1. The Kier molecular flexibility index (Phi) is 5.44. The number of nitrogens with zero attached hydrogens (tertiary/aromatic N) is 1. The number of hydrogen-bond donors (Lipinski definition) is 2. The van der Waals surface area contributed by atoms with E-state index in [1.54, 1.807) is 42.6 Å². The molecule has 2 heterocycles. The third kappa shape index (κ3) is 3.90. The highest BCUT2D eigenvalue weighted by Crippen LogP contribution is 2.32. The third-order valence-corrected chi connectivity index (χ3v) is 6.91. The predicted molar refractivity (Wildman–Crippen MR) is 134 cm³/mol. The van der Waals surface area contributed by atoms with Crippen LogP contribution < -0.4 is 10.9 Å². The Balaban J connectivity index is 1.51. The van der Waals surface area contributed by atoms with E-state index in [1.807, 2.05) is 53.9 Å². The highest BCUT2D eigenvalue weighted by molar-refractivity contribution is 7.10. The molecule has 0 saturated carbocycles. The average molecular weight is 455 g/mol. The van der Waals surface area contributed by atoms with Crippen molar-refractivity contribution in [1.82, 2.24) is 4.57 Å². The number of rotatable bonds is 6. The van der Waals surface area contributed by atoms with Crippen LogP contribution in [0.2, 0.25) is 0 Å². The molecule has 0 aliphatic carbocycles. The number of para-hydroxylation sites is 1. The van der Waals surface area contributed by atoms with Gasteiger partial charge in [-0.3, -0.25) is 9.59 Å².